The van der Waals surface area contributed by atoms with Crippen molar-refractivity contribution in [1.82, 2.24) is 5.32 Å². The molecule has 0 radical (unpaired) electrons. The molecule has 0 aliphatic carbocycles. The number of carbonyl (C=O) groups excluding carboxylic acids is 3. The number of amides is 3. The predicted octanol–water partition coefficient (Wildman–Crippen LogP) is 3.36. The number of hydrogen-bond acceptors (Lipinski definition) is 3. The molecule has 3 N–H and O–H groups in total. The molecule has 0 saturated heterocycles. The lowest BCUT2D eigenvalue weighted by Crippen LogP contribution is -2.39. The minimum Gasteiger partial charge on any atom is -0.339 e. The smallest absolute Gasteiger partial charge is 0.339 e. The fourth-order valence-electron chi connectivity index (χ4n) is 2.13. The highest BCUT2D eigenvalue weighted by Crippen LogP contribution is 2.30. The molecule has 0 bridgehead atoms. The molecule has 0 atom stereocenters. The first-order valence-corrected chi connectivity index (χ1v) is 8.26. The summed E-state index contributed by atoms with van der Waals surface area (Å²) in [4.78, 5) is 35.4. The van der Waals surface area contributed by atoms with E-state index in [1.807, 2.05) is 5.32 Å². The quantitative estimate of drug-likeness (QED) is 0.672. The fourth-order valence-corrected chi connectivity index (χ4v) is 2.30. The number of halogens is 4. The zero-order chi connectivity index (χ0) is 20.9. The average Bonchev–Trinajstić information content (AvgIpc) is 2.62. The molecule has 0 aromatic heterocycles. The van der Waals surface area contributed by atoms with E-state index in [9.17, 15) is 27.6 Å². The molecule has 2 aromatic carbocycles. The van der Waals surface area contributed by atoms with Gasteiger partial charge in [-0.2, -0.15) is 13.2 Å². The third kappa shape index (κ3) is 5.98. The van der Waals surface area contributed by atoms with Gasteiger partial charge in [0.05, 0.1) is 12.1 Å². The molecular formula is C18H15ClF3N3O3. The third-order valence-electron chi connectivity index (χ3n) is 3.54. The molecule has 0 heterocycles. The maximum atomic E-state index is 12.7. The number of nitrogens with one attached hydrogen (secondary N) is 3. The zero-order valence-electron chi connectivity index (χ0n) is 14.5. The molecule has 0 aliphatic heterocycles. The van der Waals surface area contributed by atoms with Crippen molar-refractivity contribution in [1.29, 1.82) is 0 Å². The van der Waals surface area contributed by atoms with Crippen LogP contribution in [0.2, 0.25) is 5.02 Å². The first-order chi connectivity index (χ1) is 13.1. The van der Waals surface area contributed by atoms with E-state index < -0.39 is 36.0 Å². The van der Waals surface area contributed by atoms with Crippen molar-refractivity contribution in [2.24, 2.45) is 0 Å². The van der Waals surface area contributed by atoms with E-state index in [0.29, 0.717) is 16.8 Å². The SMILES string of the molecule is Cc1ccc(Cl)cc1NC(=O)CNC(=O)C(=O)Nc1cccc(C(F)(F)F)c1. The summed E-state index contributed by atoms with van der Waals surface area (Å²) in [6.07, 6.45) is -4.58. The van der Waals surface area contributed by atoms with Crippen LogP contribution in [0.5, 0.6) is 0 Å². The van der Waals surface area contributed by atoms with Gasteiger partial charge in [0.15, 0.2) is 0 Å². The summed E-state index contributed by atoms with van der Waals surface area (Å²) in [5.41, 5.74) is 0.0162. The molecule has 0 aliphatic rings. The number of benzene rings is 2. The van der Waals surface area contributed by atoms with E-state index >= 15 is 0 Å². The van der Waals surface area contributed by atoms with E-state index in [-0.39, 0.29) is 5.69 Å². The summed E-state index contributed by atoms with van der Waals surface area (Å²) in [5, 5.41) is 7.06. The van der Waals surface area contributed by atoms with Crippen LogP contribution >= 0.6 is 11.6 Å². The van der Waals surface area contributed by atoms with Gasteiger partial charge in [-0.05, 0) is 42.8 Å². The minimum atomic E-state index is -4.58. The maximum absolute atomic E-state index is 12.7. The number of aryl methyl sites for hydroxylation is 1. The molecule has 28 heavy (non-hydrogen) atoms. The molecule has 2 aromatic rings. The van der Waals surface area contributed by atoms with Crippen molar-refractivity contribution in [2.75, 3.05) is 17.2 Å². The summed E-state index contributed by atoms with van der Waals surface area (Å²) in [7, 11) is 0. The second-order valence-electron chi connectivity index (χ2n) is 5.72. The summed E-state index contributed by atoms with van der Waals surface area (Å²) < 4.78 is 38.0. The van der Waals surface area contributed by atoms with Crippen molar-refractivity contribution in [3.05, 3.63) is 58.6 Å². The van der Waals surface area contributed by atoms with Crippen LogP contribution in [0.3, 0.4) is 0 Å². The Bertz CT molecular complexity index is 916. The van der Waals surface area contributed by atoms with Crippen LogP contribution in [0.4, 0.5) is 24.5 Å². The van der Waals surface area contributed by atoms with Crippen LogP contribution in [0, 0.1) is 6.92 Å². The summed E-state index contributed by atoms with van der Waals surface area (Å²) in [6.45, 7) is 1.23. The van der Waals surface area contributed by atoms with Crippen molar-refractivity contribution >= 4 is 40.7 Å². The van der Waals surface area contributed by atoms with Crippen LogP contribution in [-0.2, 0) is 20.6 Å². The van der Waals surface area contributed by atoms with Gasteiger partial charge in [0, 0.05) is 16.4 Å². The molecule has 10 heteroatoms. The van der Waals surface area contributed by atoms with Crippen LogP contribution in [0.25, 0.3) is 0 Å². The summed E-state index contributed by atoms with van der Waals surface area (Å²) in [5.74, 6) is -2.98. The molecule has 2 rings (SSSR count). The minimum absolute atomic E-state index is 0.200. The highest BCUT2D eigenvalue weighted by molar-refractivity contribution is 6.40. The molecule has 0 fully saturated rings. The predicted molar refractivity (Wildman–Crippen MR) is 97.9 cm³/mol. The van der Waals surface area contributed by atoms with Gasteiger partial charge in [-0.3, -0.25) is 14.4 Å². The number of anilines is 2. The monoisotopic (exact) mass is 413 g/mol. The Balaban J connectivity index is 1.90. The third-order valence-corrected chi connectivity index (χ3v) is 3.77. The Morgan fingerprint density at radius 2 is 1.71 bits per heavy atom. The maximum Gasteiger partial charge on any atom is 0.416 e. The van der Waals surface area contributed by atoms with Gasteiger partial charge in [0.25, 0.3) is 0 Å². The van der Waals surface area contributed by atoms with Crippen LogP contribution in [0.15, 0.2) is 42.5 Å². The van der Waals surface area contributed by atoms with Crippen LogP contribution < -0.4 is 16.0 Å². The molecular weight excluding hydrogens is 399 g/mol. The first-order valence-electron chi connectivity index (χ1n) is 7.88. The van der Waals surface area contributed by atoms with Crippen LogP contribution in [0.1, 0.15) is 11.1 Å². The number of alkyl halides is 3. The Morgan fingerprint density at radius 3 is 2.39 bits per heavy atom. The van der Waals surface area contributed by atoms with Gasteiger partial charge >= 0.3 is 18.0 Å². The molecule has 148 valence electrons. The lowest BCUT2D eigenvalue weighted by molar-refractivity contribution is -0.137. The highest BCUT2D eigenvalue weighted by atomic mass is 35.5. The van der Waals surface area contributed by atoms with E-state index in [4.69, 9.17) is 11.6 Å². The molecule has 0 saturated carbocycles. The van der Waals surface area contributed by atoms with Gasteiger partial charge in [-0.1, -0.05) is 23.7 Å². The van der Waals surface area contributed by atoms with Gasteiger partial charge in [-0.15, -0.1) is 0 Å². The van der Waals surface area contributed by atoms with Crippen molar-refractivity contribution < 1.29 is 27.6 Å². The molecule has 3 amide bonds. The van der Waals surface area contributed by atoms with E-state index in [1.54, 1.807) is 19.1 Å². The number of rotatable bonds is 4. The molecule has 6 nitrogen and oxygen atoms in total. The Hall–Kier alpha value is -3.07. The Morgan fingerprint density at radius 1 is 1.00 bits per heavy atom. The van der Waals surface area contributed by atoms with Gasteiger partial charge in [0.2, 0.25) is 5.91 Å². The summed E-state index contributed by atoms with van der Waals surface area (Å²) in [6, 6.07) is 8.69. The lowest BCUT2D eigenvalue weighted by atomic mass is 10.2. The highest BCUT2D eigenvalue weighted by Gasteiger charge is 2.30. The number of hydrogen-bond donors (Lipinski definition) is 3. The average molecular weight is 414 g/mol. The second-order valence-corrected chi connectivity index (χ2v) is 6.16. The normalized spacial score (nSPS) is 10.9. The van der Waals surface area contributed by atoms with Crippen molar-refractivity contribution in [2.45, 2.75) is 13.1 Å². The molecule has 0 spiro atoms. The van der Waals surface area contributed by atoms with E-state index in [0.717, 1.165) is 17.7 Å². The van der Waals surface area contributed by atoms with E-state index in [2.05, 4.69) is 10.6 Å². The van der Waals surface area contributed by atoms with Crippen LogP contribution in [-0.4, -0.2) is 24.3 Å². The summed E-state index contributed by atoms with van der Waals surface area (Å²) >= 11 is 5.84. The topological polar surface area (TPSA) is 87.3 Å². The standard InChI is InChI=1S/C18H15ClF3N3O3/c1-10-5-6-12(19)8-14(10)25-15(26)9-23-16(27)17(28)24-13-4-2-3-11(7-13)18(20,21)22/h2-8H,9H2,1H3,(H,23,27)(H,24,28)(H,25,26). The van der Waals surface area contributed by atoms with E-state index in [1.165, 1.54) is 12.1 Å². The van der Waals surface area contributed by atoms with Gasteiger partial charge in [-0.25, -0.2) is 0 Å². The van der Waals surface area contributed by atoms with Gasteiger partial charge in [0.1, 0.15) is 0 Å². The molecule has 0 unspecified atom stereocenters. The Labute approximate surface area is 163 Å². The fraction of sp³-hybridized carbons (Fsp3) is 0.167. The van der Waals surface area contributed by atoms with Gasteiger partial charge < -0.3 is 16.0 Å². The Kier molecular flexibility index (Phi) is 6.63. The lowest BCUT2D eigenvalue weighted by Gasteiger charge is -2.11. The number of carbonyl (C=O) groups is 3. The largest absolute Gasteiger partial charge is 0.416 e. The first kappa shape index (κ1) is 21.2. The second kappa shape index (κ2) is 8.75. The van der Waals surface area contributed by atoms with Crippen molar-refractivity contribution in [3.63, 3.8) is 0 Å². The van der Waals surface area contributed by atoms with Crippen molar-refractivity contribution in [3.8, 4) is 0 Å². The zero-order valence-corrected chi connectivity index (χ0v) is 15.2.